The van der Waals surface area contributed by atoms with Gasteiger partial charge in [0.15, 0.2) is 0 Å². The predicted octanol–water partition coefficient (Wildman–Crippen LogP) is 3.96. The van der Waals surface area contributed by atoms with E-state index in [1.165, 1.54) is 12.1 Å². The Labute approximate surface area is 145 Å². The van der Waals surface area contributed by atoms with Gasteiger partial charge < -0.3 is 9.15 Å². The molecule has 0 saturated heterocycles. The third-order valence-corrected chi connectivity index (χ3v) is 3.76. The number of fused-ring (bicyclic) bond motifs is 1. The Hall–Kier alpha value is -3.75. The van der Waals surface area contributed by atoms with Crippen molar-refractivity contribution in [2.45, 2.75) is 13.3 Å². The van der Waals surface area contributed by atoms with Crippen LogP contribution in [-0.2, 0) is 6.42 Å². The molecule has 0 amide bonds. The minimum Gasteiger partial charge on any atom is -0.450 e. The number of hydrogen-bond donors (Lipinski definition) is 0. The van der Waals surface area contributed by atoms with Crippen molar-refractivity contribution < 1.29 is 19.0 Å². The van der Waals surface area contributed by atoms with Gasteiger partial charge in [-0.05, 0) is 30.2 Å². The zero-order chi connectivity index (χ0) is 18.8. The van der Waals surface area contributed by atoms with Gasteiger partial charge in [-0.2, -0.15) is 0 Å². The van der Waals surface area contributed by atoms with Crippen molar-refractivity contribution in [1.29, 1.82) is 0 Å². The molecular formula is C17H12N2O7. The minimum absolute atomic E-state index is 0.158. The molecule has 0 bridgehead atoms. The van der Waals surface area contributed by atoms with Crippen molar-refractivity contribution in [3.8, 4) is 11.5 Å². The summed E-state index contributed by atoms with van der Waals surface area (Å²) in [7, 11) is 0. The van der Waals surface area contributed by atoms with Crippen molar-refractivity contribution in [3.05, 3.63) is 78.7 Å². The number of ether oxygens (including phenoxy) is 1. The average molecular weight is 356 g/mol. The van der Waals surface area contributed by atoms with Gasteiger partial charge in [0.25, 0.3) is 5.69 Å². The minimum atomic E-state index is -0.765. The lowest BCUT2D eigenvalue weighted by molar-refractivity contribution is -0.394. The predicted molar refractivity (Wildman–Crippen MR) is 91.7 cm³/mol. The molecule has 132 valence electrons. The number of nitro benzene ring substituents is 2. The molecule has 9 heteroatoms. The van der Waals surface area contributed by atoms with E-state index < -0.39 is 26.8 Å². The number of nitro groups is 2. The first-order chi connectivity index (χ1) is 12.4. The maximum Gasteiger partial charge on any atom is 0.336 e. The molecule has 0 unspecified atom stereocenters. The third kappa shape index (κ3) is 3.22. The van der Waals surface area contributed by atoms with E-state index in [0.29, 0.717) is 6.42 Å². The molecule has 2 aromatic carbocycles. The zero-order valence-electron chi connectivity index (χ0n) is 13.5. The number of nitrogens with zero attached hydrogens (tertiary/aromatic N) is 2. The van der Waals surface area contributed by atoms with E-state index in [1.54, 1.807) is 12.1 Å². The van der Waals surface area contributed by atoms with Crippen LogP contribution in [0.25, 0.3) is 11.0 Å². The maximum absolute atomic E-state index is 11.6. The zero-order valence-corrected chi connectivity index (χ0v) is 13.5. The number of hydrogen-bond acceptors (Lipinski definition) is 7. The molecule has 26 heavy (non-hydrogen) atoms. The molecule has 0 saturated carbocycles. The molecule has 0 radical (unpaired) electrons. The first kappa shape index (κ1) is 17.1. The Morgan fingerprint density at radius 2 is 1.81 bits per heavy atom. The lowest BCUT2D eigenvalue weighted by Crippen LogP contribution is -2.00. The van der Waals surface area contributed by atoms with Crippen LogP contribution in [0.15, 0.2) is 51.7 Å². The monoisotopic (exact) mass is 356 g/mol. The van der Waals surface area contributed by atoms with Gasteiger partial charge in [-0.15, -0.1) is 0 Å². The van der Waals surface area contributed by atoms with Crippen LogP contribution in [0.4, 0.5) is 11.4 Å². The molecular weight excluding hydrogens is 344 g/mol. The highest BCUT2D eigenvalue weighted by molar-refractivity contribution is 5.81. The number of rotatable bonds is 5. The molecule has 3 aromatic rings. The van der Waals surface area contributed by atoms with Crippen LogP contribution in [0.1, 0.15) is 12.5 Å². The molecule has 1 aromatic heterocycles. The van der Waals surface area contributed by atoms with Crippen LogP contribution in [0, 0.1) is 20.2 Å². The first-order valence-electron chi connectivity index (χ1n) is 7.56. The van der Waals surface area contributed by atoms with Gasteiger partial charge in [-0.3, -0.25) is 20.2 Å². The summed E-state index contributed by atoms with van der Waals surface area (Å²) in [5.41, 5.74) is -0.363. The molecule has 0 aliphatic heterocycles. The van der Waals surface area contributed by atoms with E-state index in [9.17, 15) is 25.0 Å². The molecule has 0 spiro atoms. The van der Waals surface area contributed by atoms with Crippen molar-refractivity contribution >= 4 is 22.3 Å². The summed E-state index contributed by atoms with van der Waals surface area (Å²) in [6.07, 6.45) is 0.635. The summed E-state index contributed by atoms with van der Waals surface area (Å²) in [4.78, 5) is 32.1. The molecule has 0 N–H and O–H groups in total. The van der Waals surface area contributed by atoms with Gasteiger partial charge in [0, 0.05) is 23.6 Å². The van der Waals surface area contributed by atoms with E-state index in [1.807, 2.05) is 6.92 Å². The highest BCUT2D eigenvalue weighted by Crippen LogP contribution is 2.35. The second-order valence-corrected chi connectivity index (χ2v) is 5.37. The summed E-state index contributed by atoms with van der Waals surface area (Å²) in [6.45, 7) is 1.90. The number of aryl methyl sites for hydroxylation is 1. The highest BCUT2D eigenvalue weighted by Gasteiger charge is 2.21. The van der Waals surface area contributed by atoms with Gasteiger partial charge in [-0.25, -0.2) is 4.79 Å². The Balaban J connectivity index is 2.05. The fourth-order valence-electron chi connectivity index (χ4n) is 2.54. The molecule has 0 aliphatic rings. The van der Waals surface area contributed by atoms with E-state index in [-0.39, 0.29) is 17.1 Å². The van der Waals surface area contributed by atoms with Crippen LogP contribution in [-0.4, -0.2) is 9.85 Å². The van der Waals surface area contributed by atoms with Gasteiger partial charge in [-0.1, -0.05) is 6.92 Å². The normalized spacial score (nSPS) is 10.7. The van der Waals surface area contributed by atoms with Crippen molar-refractivity contribution in [2.24, 2.45) is 0 Å². The van der Waals surface area contributed by atoms with E-state index in [2.05, 4.69) is 0 Å². The number of non-ortho nitro benzene ring substituents is 1. The van der Waals surface area contributed by atoms with Gasteiger partial charge in [0.05, 0.1) is 15.9 Å². The highest BCUT2D eigenvalue weighted by atomic mass is 16.6. The lowest BCUT2D eigenvalue weighted by Gasteiger charge is -2.08. The standard InChI is InChI=1S/C17H12N2O7/c1-2-10-7-17(20)26-16-9-12(4-5-13(10)16)25-15-6-3-11(18(21)22)8-14(15)19(23)24/h3-9H,2H2,1H3. The molecule has 0 atom stereocenters. The molecule has 9 nitrogen and oxygen atoms in total. The van der Waals surface area contributed by atoms with Crippen LogP contribution in [0.2, 0.25) is 0 Å². The van der Waals surface area contributed by atoms with E-state index in [4.69, 9.17) is 9.15 Å². The SMILES string of the molecule is CCc1cc(=O)oc2cc(Oc3ccc([N+](=O)[O-])cc3[N+](=O)[O-])ccc12. The van der Waals surface area contributed by atoms with Gasteiger partial charge in [0.1, 0.15) is 11.3 Å². The van der Waals surface area contributed by atoms with Crippen LogP contribution >= 0.6 is 0 Å². The van der Waals surface area contributed by atoms with Crippen molar-refractivity contribution in [1.82, 2.24) is 0 Å². The molecule has 0 fully saturated rings. The topological polar surface area (TPSA) is 126 Å². The Kier molecular flexibility index (Phi) is 4.36. The third-order valence-electron chi connectivity index (χ3n) is 3.76. The largest absolute Gasteiger partial charge is 0.450 e. The Morgan fingerprint density at radius 3 is 2.46 bits per heavy atom. The van der Waals surface area contributed by atoms with Gasteiger partial charge in [0.2, 0.25) is 5.75 Å². The maximum atomic E-state index is 11.6. The lowest BCUT2D eigenvalue weighted by atomic mass is 10.1. The summed E-state index contributed by atoms with van der Waals surface area (Å²) in [5.74, 6) is 0.0415. The average Bonchev–Trinajstić information content (AvgIpc) is 2.60. The summed E-state index contributed by atoms with van der Waals surface area (Å²) in [5, 5.41) is 22.7. The summed E-state index contributed by atoms with van der Waals surface area (Å²) in [6, 6.07) is 9.20. The van der Waals surface area contributed by atoms with Crippen LogP contribution < -0.4 is 10.4 Å². The van der Waals surface area contributed by atoms with Crippen LogP contribution in [0.5, 0.6) is 11.5 Å². The molecule has 1 heterocycles. The quantitative estimate of drug-likeness (QED) is 0.384. The van der Waals surface area contributed by atoms with Crippen LogP contribution in [0.3, 0.4) is 0 Å². The Bertz CT molecular complexity index is 1090. The fourth-order valence-corrected chi connectivity index (χ4v) is 2.54. The smallest absolute Gasteiger partial charge is 0.336 e. The summed E-state index contributed by atoms with van der Waals surface area (Å²) >= 11 is 0. The van der Waals surface area contributed by atoms with E-state index in [0.717, 1.165) is 29.1 Å². The molecule has 3 rings (SSSR count). The second-order valence-electron chi connectivity index (χ2n) is 5.37. The summed E-state index contributed by atoms with van der Waals surface area (Å²) < 4.78 is 10.7. The van der Waals surface area contributed by atoms with Crippen molar-refractivity contribution in [2.75, 3.05) is 0 Å². The first-order valence-corrected chi connectivity index (χ1v) is 7.56. The Morgan fingerprint density at radius 1 is 1.04 bits per heavy atom. The fraction of sp³-hybridized carbons (Fsp3) is 0.118. The van der Waals surface area contributed by atoms with Gasteiger partial charge >= 0.3 is 11.3 Å². The van der Waals surface area contributed by atoms with E-state index >= 15 is 0 Å². The second kappa shape index (κ2) is 6.63. The van der Waals surface area contributed by atoms with Crippen molar-refractivity contribution in [3.63, 3.8) is 0 Å². The molecule has 0 aliphatic carbocycles. The number of benzene rings is 2.